The topological polar surface area (TPSA) is 79.4 Å². The van der Waals surface area contributed by atoms with E-state index in [4.69, 9.17) is 16.3 Å². The van der Waals surface area contributed by atoms with Gasteiger partial charge in [0.05, 0.1) is 12.8 Å². The number of aromatic nitrogens is 2. The van der Waals surface area contributed by atoms with Crippen molar-refractivity contribution in [2.24, 2.45) is 5.92 Å². The van der Waals surface area contributed by atoms with Crippen molar-refractivity contribution in [3.05, 3.63) is 71.4 Å². The third kappa shape index (κ3) is 6.14. The molecule has 2 heterocycles. The molecule has 1 aliphatic rings. The molecule has 0 aliphatic carbocycles. The molecule has 1 aliphatic heterocycles. The largest absolute Gasteiger partial charge is 0.495 e. The molecule has 3 aromatic rings. The lowest BCUT2D eigenvalue weighted by Gasteiger charge is -2.31. The number of halogens is 1. The van der Waals surface area contributed by atoms with Gasteiger partial charge in [0, 0.05) is 36.8 Å². The first kappa shape index (κ1) is 22.9. The lowest BCUT2D eigenvalue weighted by Crippen LogP contribution is -2.41. The molecule has 1 amide bonds. The Morgan fingerprint density at radius 2 is 1.88 bits per heavy atom. The van der Waals surface area contributed by atoms with E-state index in [2.05, 4.69) is 25.5 Å². The summed E-state index contributed by atoms with van der Waals surface area (Å²) in [5.41, 5.74) is 2.01. The number of rotatable bonds is 8. The SMILES string of the molecule is COc1ccccc1Nc1ccnc(N2CCC(C(=O)NCCc3ccc(Cl)cc3)CC2)n1. The Kier molecular flexibility index (Phi) is 7.62. The summed E-state index contributed by atoms with van der Waals surface area (Å²) in [4.78, 5) is 23.8. The fourth-order valence-corrected chi connectivity index (χ4v) is 4.05. The third-order valence-corrected chi connectivity index (χ3v) is 6.04. The predicted octanol–water partition coefficient (Wildman–Crippen LogP) is 4.46. The Bertz CT molecular complexity index is 1070. The lowest BCUT2D eigenvalue weighted by atomic mass is 9.96. The molecule has 172 valence electrons. The van der Waals surface area contributed by atoms with Gasteiger partial charge in [0.1, 0.15) is 11.6 Å². The zero-order valence-corrected chi connectivity index (χ0v) is 19.4. The molecule has 0 bridgehead atoms. The normalized spacial score (nSPS) is 14.1. The fourth-order valence-electron chi connectivity index (χ4n) is 3.92. The number of ether oxygens (including phenoxy) is 1. The van der Waals surface area contributed by atoms with Crippen molar-refractivity contribution in [3.63, 3.8) is 0 Å². The summed E-state index contributed by atoms with van der Waals surface area (Å²) in [5, 5.41) is 7.09. The average molecular weight is 466 g/mol. The smallest absolute Gasteiger partial charge is 0.227 e. The van der Waals surface area contributed by atoms with Gasteiger partial charge in [0.2, 0.25) is 11.9 Å². The van der Waals surface area contributed by atoms with Crippen molar-refractivity contribution < 1.29 is 9.53 Å². The van der Waals surface area contributed by atoms with Crippen LogP contribution in [0.5, 0.6) is 5.75 Å². The molecule has 1 saturated heterocycles. The van der Waals surface area contributed by atoms with Gasteiger partial charge in [-0.05, 0) is 55.2 Å². The van der Waals surface area contributed by atoms with Crippen LogP contribution >= 0.6 is 11.6 Å². The van der Waals surface area contributed by atoms with Crippen LogP contribution in [0.15, 0.2) is 60.8 Å². The number of benzene rings is 2. The Hall–Kier alpha value is -3.32. The van der Waals surface area contributed by atoms with E-state index in [1.54, 1.807) is 13.3 Å². The second-order valence-electron chi connectivity index (χ2n) is 8.00. The number of anilines is 3. The molecule has 4 rings (SSSR count). The molecule has 0 spiro atoms. The first-order chi connectivity index (χ1) is 16.1. The maximum atomic E-state index is 12.6. The molecule has 33 heavy (non-hydrogen) atoms. The number of hydrogen-bond acceptors (Lipinski definition) is 6. The van der Waals surface area contributed by atoms with Gasteiger partial charge in [-0.1, -0.05) is 35.9 Å². The van der Waals surface area contributed by atoms with E-state index in [9.17, 15) is 4.79 Å². The minimum atomic E-state index is 0.0151. The predicted molar refractivity (Wildman–Crippen MR) is 131 cm³/mol. The van der Waals surface area contributed by atoms with Crippen LogP contribution in [0.25, 0.3) is 0 Å². The van der Waals surface area contributed by atoms with E-state index in [0.29, 0.717) is 18.3 Å². The number of nitrogens with zero attached hydrogens (tertiary/aromatic N) is 3. The molecule has 8 heteroatoms. The second-order valence-corrected chi connectivity index (χ2v) is 8.43. The number of nitrogens with one attached hydrogen (secondary N) is 2. The highest BCUT2D eigenvalue weighted by Gasteiger charge is 2.26. The van der Waals surface area contributed by atoms with E-state index >= 15 is 0 Å². The maximum Gasteiger partial charge on any atom is 0.227 e. The van der Waals surface area contributed by atoms with Crippen LogP contribution in [-0.4, -0.2) is 42.6 Å². The quantitative estimate of drug-likeness (QED) is 0.511. The van der Waals surface area contributed by atoms with Crippen LogP contribution in [0.4, 0.5) is 17.5 Å². The van der Waals surface area contributed by atoms with Crippen molar-refractivity contribution in [1.82, 2.24) is 15.3 Å². The number of carbonyl (C=O) groups excluding carboxylic acids is 1. The standard InChI is InChI=1S/C25H28ClN5O2/c1-33-22-5-3-2-4-21(22)29-23-11-15-28-25(30-23)31-16-12-19(13-17-31)24(32)27-14-10-18-6-8-20(26)9-7-18/h2-9,11,15,19H,10,12-14,16-17H2,1H3,(H,27,32)(H,28,29,30). The number of amides is 1. The highest BCUT2D eigenvalue weighted by molar-refractivity contribution is 6.30. The molecular formula is C25H28ClN5O2. The number of piperidine rings is 1. The van der Waals surface area contributed by atoms with Gasteiger partial charge in [0.15, 0.2) is 0 Å². The van der Waals surface area contributed by atoms with Crippen molar-refractivity contribution in [2.75, 3.05) is 37.0 Å². The Morgan fingerprint density at radius 3 is 2.64 bits per heavy atom. The monoisotopic (exact) mass is 465 g/mol. The Balaban J connectivity index is 1.27. The molecular weight excluding hydrogens is 438 g/mol. The minimum absolute atomic E-state index is 0.0151. The molecule has 0 atom stereocenters. The van der Waals surface area contributed by atoms with Crippen LogP contribution in [0.2, 0.25) is 5.02 Å². The van der Waals surface area contributed by atoms with E-state index in [0.717, 1.165) is 54.4 Å². The van der Waals surface area contributed by atoms with Gasteiger partial charge in [-0.3, -0.25) is 4.79 Å². The van der Waals surface area contributed by atoms with Crippen LogP contribution < -0.4 is 20.3 Å². The van der Waals surface area contributed by atoms with Crippen LogP contribution in [0.3, 0.4) is 0 Å². The summed E-state index contributed by atoms with van der Waals surface area (Å²) in [6.07, 6.45) is 4.10. The number of methoxy groups -OCH3 is 1. The van der Waals surface area contributed by atoms with Gasteiger partial charge in [-0.15, -0.1) is 0 Å². The number of hydrogen-bond donors (Lipinski definition) is 2. The highest BCUT2D eigenvalue weighted by Crippen LogP contribution is 2.27. The van der Waals surface area contributed by atoms with Gasteiger partial charge in [0.25, 0.3) is 0 Å². The average Bonchev–Trinajstić information content (AvgIpc) is 2.86. The van der Waals surface area contributed by atoms with E-state index in [1.165, 1.54) is 0 Å². The number of para-hydroxylation sites is 2. The molecule has 0 unspecified atom stereocenters. The Labute approximate surface area is 199 Å². The lowest BCUT2D eigenvalue weighted by molar-refractivity contribution is -0.125. The van der Waals surface area contributed by atoms with Gasteiger partial charge < -0.3 is 20.3 Å². The van der Waals surface area contributed by atoms with Crippen molar-refractivity contribution >= 4 is 35.0 Å². The van der Waals surface area contributed by atoms with E-state index in [-0.39, 0.29) is 11.8 Å². The fraction of sp³-hybridized carbons (Fsp3) is 0.320. The molecule has 7 nitrogen and oxygen atoms in total. The van der Waals surface area contributed by atoms with Gasteiger partial charge >= 0.3 is 0 Å². The molecule has 2 N–H and O–H groups in total. The van der Waals surface area contributed by atoms with E-state index < -0.39 is 0 Å². The summed E-state index contributed by atoms with van der Waals surface area (Å²) in [7, 11) is 1.64. The zero-order valence-electron chi connectivity index (χ0n) is 18.6. The minimum Gasteiger partial charge on any atom is -0.495 e. The van der Waals surface area contributed by atoms with Crippen LogP contribution in [0.1, 0.15) is 18.4 Å². The second kappa shape index (κ2) is 11.0. The molecule has 0 saturated carbocycles. The maximum absolute atomic E-state index is 12.6. The summed E-state index contributed by atoms with van der Waals surface area (Å²) in [5.74, 6) is 2.25. The summed E-state index contributed by atoms with van der Waals surface area (Å²) in [6.45, 7) is 2.11. The highest BCUT2D eigenvalue weighted by atomic mass is 35.5. The molecule has 0 radical (unpaired) electrons. The third-order valence-electron chi connectivity index (χ3n) is 5.79. The van der Waals surface area contributed by atoms with Gasteiger partial charge in [-0.25, -0.2) is 4.98 Å². The molecule has 2 aromatic carbocycles. The summed E-state index contributed by atoms with van der Waals surface area (Å²) in [6, 6.07) is 17.3. The van der Waals surface area contributed by atoms with Crippen molar-refractivity contribution in [1.29, 1.82) is 0 Å². The molecule has 1 aromatic heterocycles. The number of carbonyl (C=O) groups is 1. The first-order valence-corrected chi connectivity index (χ1v) is 11.5. The summed E-state index contributed by atoms with van der Waals surface area (Å²) < 4.78 is 5.40. The first-order valence-electron chi connectivity index (χ1n) is 11.1. The van der Waals surface area contributed by atoms with Crippen molar-refractivity contribution in [2.45, 2.75) is 19.3 Å². The summed E-state index contributed by atoms with van der Waals surface area (Å²) >= 11 is 5.92. The van der Waals surface area contributed by atoms with Gasteiger partial charge in [-0.2, -0.15) is 4.98 Å². The van der Waals surface area contributed by atoms with E-state index in [1.807, 2.05) is 54.6 Å². The Morgan fingerprint density at radius 1 is 1.12 bits per heavy atom. The molecule has 1 fully saturated rings. The zero-order chi connectivity index (χ0) is 23.0. The van der Waals surface area contributed by atoms with Crippen molar-refractivity contribution in [3.8, 4) is 5.75 Å². The van der Waals surface area contributed by atoms with Crippen LogP contribution in [-0.2, 0) is 11.2 Å². The van der Waals surface area contributed by atoms with Crippen LogP contribution in [0, 0.1) is 5.92 Å².